The minimum Gasteiger partial charge on any atom is -0.390 e. The van der Waals surface area contributed by atoms with Crippen molar-refractivity contribution in [2.24, 2.45) is 11.8 Å². The highest BCUT2D eigenvalue weighted by Gasteiger charge is 2.38. The maximum Gasteiger partial charge on any atom is 0.416 e. The van der Waals surface area contributed by atoms with Crippen molar-refractivity contribution in [2.45, 2.75) is 60.0 Å². The van der Waals surface area contributed by atoms with Crippen LogP contribution in [0.2, 0.25) is 0 Å². The molecular formula is C26H27F4NO3S. The molecule has 3 atom stereocenters. The van der Waals surface area contributed by atoms with E-state index in [1.54, 1.807) is 6.07 Å². The van der Waals surface area contributed by atoms with E-state index in [0.717, 1.165) is 22.8 Å². The van der Waals surface area contributed by atoms with Crippen molar-refractivity contribution < 1.29 is 32.9 Å². The van der Waals surface area contributed by atoms with Crippen LogP contribution in [0.5, 0.6) is 0 Å². The Morgan fingerprint density at radius 1 is 0.943 bits per heavy atom. The van der Waals surface area contributed by atoms with Gasteiger partial charge < -0.3 is 20.6 Å². The molecule has 2 heterocycles. The van der Waals surface area contributed by atoms with E-state index in [4.69, 9.17) is 0 Å². The summed E-state index contributed by atoms with van der Waals surface area (Å²) < 4.78 is 54.9. The standard InChI is InChI=1S/C26H27F4NO3S/c27-16-2-3-18-23(11-16)35-22-4-1-15(26(28,29)30)10-19(22)24(18)17-5-6-31-12-14(17)7-13-8-20(32)25(34)21(33)9-13/h1-4,10-11,13-14,20-21,25,31-34H,5-9,12H2/b24-17-. The van der Waals surface area contributed by atoms with Crippen molar-refractivity contribution >= 4 is 17.3 Å². The molecule has 4 N–H and O–H groups in total. The van der Waals surface area contributed by atoms with Gasteiger partial charge in [0, 0.05) is 16.3 Å². The van der Waals surface area contributed by atoms with E-state index in [9.17, 15) is 32.9 Å². The first-order valence-corrected chi connectivity index (χ1v) is 12.6. The van der Waals surface area contributed by atoms with E-state index >= 15 is 0 Å². The number of fused-ring (bicyclic) bond motifs is 2. The van der Waals surface area contributed by atoms with Crippen LogP contribution in [0.1, 0.15) is 42.4 Å². The molecule has 2 aromatic carbocycles. The van der Waals surface area contributed by atoms with Crippen LogP contribution in [0.25, 0.3) is 5.57 Å². The monoisotopic (exact) mass is 509 g/mol. The summed E-state index contributed by atoms with van der Waals surface area (Å²) in [4.78, 5) is 1.33. The normalized spacial score (nSPS) is 31.1. The van der Waals surface area contributed by atoms with Crippen molar-refractivity contribution in [3.63, 3.8) is 0 Å². The van der Waals surface area contributed by atoms with Gasteiger partial charge in [0.15, 0.2) is 0 Å². The molecule has 1 saturated heterocycles. The first-order valence-electron chi connectivity index (χ1n) is 11.8. The zero-order valence-electron chi connectivity index (χ0n) is 18.9. The number of hydrogen-bond donors (Lipinski definition) is 4. The van der Waals surface area contributed by atoms with Gasteiger partial charge >= 0.3 is 6.18 Å². The van der Waals surface area contributed by atoms with Crippen LogP contribution in [-0.2, 0) is 6.18 Å². The van der Waals surface area contributed by atoms with E-state index in [2.05, 4.69) is 5.32 Å². The van der Waals surface area contributed by atoms with Crippen molar-refractivity contribution in [3.05, 3.63) is 64.5 Å². The van der Waals surface area contributed by atoms with Gasteiger partial charge in [-0.05, 0) is 91.1 Å². The second-order valence-electron chi connectivity index (χ2n) is 9.70. The number of hydrogen-bond acceptors (Lipinski definition) is 5. The Balaban J connectivity index is 1.61. The molecule has 2 fully saturated rings. The smallest absolute Gasteiger partial charge is 0.390 e. The lowest BCUT2D eigenvalue weighted by Gasteiger charge is -2.38. The van der Waals surface area contributed by atoms with Crippen molar-refractivity contribution in [1.29, 1.82) is 0 Å². The second kappa shape index (κ2) is 9.52. The van der Waals surface area contributed by atoms with E-state index in [-0.39, 0.29) is 11.8 Å². The SMILES string of the molecule is OC1CC(CC2CNCC/C2=C2\c3ccc(F)cc3Sc3ccc(C(F)(F)F)cc32)CC(O)C1O. The number of aliphatic hydroxyl groups excluding tert-OH is 3. The van der Waals surface area contributed by atoms with Crippen LogP contribution >= 0.6 is 11.8 Å². The van der Waals surface area contributed by atoms with Crippen molar-refractivity contribution in [3.8, 4) is 0 Å². The van der Waals surface area contributed by atoms with Gasteiger partial charge in [0.2, 0.25) is 0 Å². The van der Waals surface area contributed by atoms with Crippen LogP contribution in [-0.4, -0.2) is 46.7 Å². The molecule has 35 heavy (non-hydrogen) atoms. The number of piperidine rings is 1. The Labute approximate surface area is 205 Å². The zero-order chi connectivity index (χ0) is 24.9. The topological polar surface area (TPSA) is 72.7 Å². The number of alkyl halides is 3. The van der Waals surface area contributed by atoms with Gasteiger partial charge in [-0.15, -0.1) is 0 Å². The van der Waals surface area contributed by atoms with Gasteiger partial charge in [0.1, 0.15) is 11.9 Å². The molecule has 2 aliphatic heterocycles. The first kappa shape index (κ1) is 24.8. The summed E-state index contributed by atoms with van der Waals surface area (Å²) in [6.07, 6.45) is -5.74. The molecule has 188 valence electrons. The Morgan fingerprint density at radius 2 is 1.69 bits per heavy atom. The molecular weight excluding hydrogens is 482 g/mol. The molecule has 0 radical (unpaired) electrons. The Morgan fingerprint density at radius 3 is 2.40 bits per heavy atom. The van der Waals surface area contributed by atoms with E-state index in [1.165, 1.54) is 36.0 Å². The Hall–Kier alpha value is -1.91. The highest BCUT2D eigenvalue weighted by Crippen LogP contribution is 2.50. The summed E-state index contributed by atoms with van der Waals surface area (Å²) in [6.45, 7) is 1.28. The summed E-state index contributed by atoms with van der Waals surface area (Å²) in [5.74, 6) is -0.487. The minimum absolute atomic E-state index is 0.0400. The fourth-order valence-corrected chi connectivity index (χ4v) is 6.77. The molecule has 9 heteroatoms. The minimum atomic E-state index is -4.48. The number of halogens is 4. The largest absolute Gasteiger partial charge is 0.416 e. The highest BCUT2D eigenvalue weighted by molar-refractivity contribution is 7.99. The Bertz CT molecular complexity index is 1140. The quantitative estimate of drug-likeness (QED) is 0.380. The third-order valence-corrected chi connectivity index (χ3v) is 8.47. The fraction of sp³-hybridized carbons (Fsp3) is 0.462. The van der Waals surface area contributed by atoms with Gasteiger partial charge in [-0.1, -0.05) is 23.4 Å². The van der Waals surface area contributed by atoms with Gasteiger partial charge in [0.25, 0.3) is 0 Å². The van der Waals surface area contributed by atoms with Crippen LogP contribution < -0.4 is 5.32 Å². The van der Waals surface area contributed by atoms with Crippen molar-refractivity contribution in [1.82, 2.24) is 5.32 Å². The van der Waals surface area contributed by atoms with Crippen LogP contribution in [0.15, 0.2) is 51.8 Å². The molecule has 3 aliphatic rings. The van der Waals surface area contributed by atoms with Crippen LogP contribution in [0, 0.1) is 17.7 Å². The lowest BCUT2D eigenvalue weighted by atomic mass is 9.74. The Kier molecular flexibility index (Phi) is 6.74. The van der Waals surface area contributed by atoms with Crippen LogP contribution in [0.4, 0.5) is 17.6 Å². The average Bonchev–Trinajstić information content (AvgIpc) is 2.80. The van der Waals surface area contributed by atoms with Crippen molar-refractivity contribution in [2.75, 3.05) is 13.1 Å². The summed E-state index contributed by atoms with van der Waals surface area (Å²) >= 11 is 1.27. The zero-order valence-corrected chi connectivity index (χ0v) is 19.7. The molecule has 0 spiro atoms. The number of aliphatic hydroxyl groups is 3. The molecule has 0 amide bonds. The van der Waals surface area contributed by atoms with Gasteiger partial charge in [0.05, 0.1) is 17.8 Å². The van der Waals surface area contributed by atoms with Gasteiger partial charge in [-0.25, -0.2) is 4.39 Å². The number of benzene rings is 2. The predicted octanol–water partition coefficient (Wildman–Crippen LogP) is 4.60. The molecule has 2 aromatic rings. The molecule has 4 nitrogen and oxygen atoms in total. The number of rotatable bonds is 2. The van der Waals surface area contributed by atoms with Gasteiger partial charge in [-0.3, -0.25) is 0 Å². The third kappa shape index (κ3) is 4.89. The first-order chi connectivity index (χ1) is 16.6. The second-order valence-corrected chi connectivity index (χ2v) is 10.8. The summed E-state index contributed by atoms with van der Waals surface area (Å²) in [5.41, 5.74) is 2.24. The van der Waals surface area contributed by atoms with Crippen LogP contribution in [0.3, 0.4) is 0 Å². The van der Waals surface area contributed by atoms with E-state index in [1.807, 2.05) is 0 Å². The predicted molar refractivity (Wildman–Crippen MR) is 124 cm³/mol. The summed E-state index contributed by atoms with van der Waals surface area (Å²) in [5, 5.41) is 33.6. The lowest BCUT2D eigenvalue weighted by molar-refractivity contribution is -0.137. The maximum absolute atomic E-state index is 14.1. The molecule has 1 aliphatic carbocycles. The maximum atomic E-state index is 14.1. The molecule has 5 rings (SSSR count). The van der Waals surface area contributed by atoms with E-state index in [0.29, 0.717) is 54.1 Å². The van der Waals surface area contributed by atoms with Gasteiger partial charge in [-0.2, -0.15) is 13.2 Å². The average molecular weight is 510 g/mol. The third-order valence-electron chi connectivity index (χ3n) is 7.34. The number of nitrogens with one attached hydrogen (secondary N) is 1. The molecule has 0 bridgehead atoms. The fourth-order valence-electron chi connectivity index (χ4n) is 5.68. The highest BCUT2D eigenvalue weighted by atomic mass is 32.2. The molecule has 3 unspecified atom stereocenters. The summed E-state index contributed by atoms with van der Waals surface area (Å²) in [7, 11) is 0. The lowest BCUT2D eigenvalue weighted by Crippen LogP contribution is -2.45. The molecule has 1 saturated carbocycles. The van der Waals surface area contributed by atoms with E-state index < -0.39 is 35.9 Å². The molecule has 0 aromatic heterocycles. The summed E-state index contributed by atoms with van der Waals surface area (Å²) in [6, 6.07) is 8.13.